The number of hydrogen-bond donors (Lipinski definition) is 3. The van der Waals surface area contributed by atoms with Crippen LogP contribution in [0.4, 0.5) is 19.0 Å². The average Bonchev–Trinajstić information content (AvgIpc) is 2.76. The van der Waals surface area contributed by atoms with Crippen LogP contribution in [0.1, 0.15) is 19.5 Å². The number of pyridine rings is 3. The van der Waals surface area contributed by atoms with E-state index in [0.29, 0.717) is 27.4 Å². The van der Waals surface area contributed by atoms with E-state index in [1.165, 1.54) is 20.0 Å². The number of rotatable bonds is 5. The first-order valence-electron chi connectivity index (χ1n) is 10.0. The molecule has 1 aromatic carbocycles. The van der Waals surface area contributed by atoms with Crippen molar-refractivity contribution in [2.45, 2.75) is 32.7 Å². The summed E-state index contributed by atoms with van der Waals surface area (Å²) >= 11 is 0. The molecular formula is C23H21F3N4O2. The van der Waals surface area contributed by atoms with Crippen LogP contribution in [-0.2, 0) is 6.61 Å². The smallest absolute Gasteiger partial charge is 0.390 e. The average molecular weight is 442 g/mol. The number of aliphatic hydroxyl groups is 1. The standard InChI is InChI=1S/C23H21F3N4O2/c1-12(2)20(23(24,25)26)30-21-16-6-4-13(14-3-5-15(11-31)28-10-14)9-17(16)19-18(29-21)7-8-27-22(19)32/h3-10,12,20,31H,11H2,1-2H3,(H,27,32)(H,29,30)/t20-/m1/s1. The van der Waals surface area contributed by atoms with Crippen molar-refractivity contribution in [2.75, 3.05) is 5.32 Å². The Balaban J connectivity index is 1.94. The first kappa shape index (κ1) is 21.8. The lowest BCUT2D eigenvalue weighted by Gasteiger charge is -2.26. The normalized spacial score (nSPS) is 13.1. The fraction of sp³-hybridized carbons (Fsp3) is 0.261. The number of aromatic nitrogens is 3. The summed E-state index contributed by atoms with van der Waals surface area (Å²) in [5.41, 5.74) is 1.89. The Bertz CT molecular complexity index is 1330. The van der Waals surface area contributed by atoms with E-state index in [4.69, 9.17) is 0 Å². The molecule has 0 radical (unpaired) electrons. The maximum Gasteiger partial charge on any atom is 0.408 e. The second kappa shape index (κ2) is 8.23. The minimum Gasteiger partial charge on any atom is -0.390 e. The van der Waals surface area contributed by atoms with E-state index in [-0.39, 0.29) is 18.0 Å². The predicted molar refractivity (Wildman–Crippen MR) is 117 cm³/mol. The maximum absolute atomic E-state index is 13.6. The summed E-state index contributed by atoms with van der Waals surface area (Å²) in [5, 5.41) is 12.9. The number of fused-ring (bicyclic) bond motifs is 3. The van der Waals surface area contributed by atoms with Gasteiger partial charge in [-0.25, -0.2) is 4.98 Å². The van der Waals surface area contributed by atoms with E-state index in [1.807, 2.05) is 0 Å². The number of hydrogen-bond acceptors (Lipinski definition) is 5. The van der Waals surface area contributed by atoms with Gasteiger partial charge in [-0.05, 0) is 29.7 Å². The summed E-state index contributed by atoms with van der Waals surface area (Å²) in [6.45, 7) is 2.79. The first-order valence-corrected chi connectivity index (χ1v) is 10.0. The molecule has 0 bridgehead atoms. The summed E-state index contributed by atoms with van der Waals surface area (Å²) in [4.78, 5) is 23.7. The third kappa shape index (κ3) is 4.03. The third-order valence-electron chi connectivity index (χ3n) is 5.35. The Morgan fingerprint density at radius 3 is 2.47 bits per heavy atom. The van der Waals surface area contributed by atoms with Crippen molar-refractivity contribution in [3.8, 4) is 11.1 Å². The number of aromatic amines is 1. The number of nitrogens with zero attached hydrogens (tertiary/aromatic N) is 2. The fourth-order valence-electron chi connectivity index (χ4n) is 3.71. The van der Waals surface area contributed by atoms with E-state index < -0.39 is 18.1 Å². The highest BCUT2D eigenvalue weighted by Crippen LogP contribution is 2.34. The van der Waals surface area contributed by atoms with Crippen LogP contribution >= 0.6 is 0 Å². The molecule has 0 aliphatic carbocycles. The van der Waals surface area contributed by atoms with Gasteiger partial charge in [0.15, 0.2) is 0 Å². The first-order chi connectivity index (χ1) is 15.2. The second-order valence-electron chi connectivity index (χ2n) is 7.89. The molecule has 0 saturated heterocycles. The quantitative estimate of drug-likeness (QED) is 0.392. The molecule has 9 heteroatoms. The SMILES string of the molecule is CC(C)[C@@H](Nc1nc2cc[nH]c(=O)c2c2cc(-c3ccc(CO)nc3)ccc12)C(F)(F)F. The summed E-state index contributed by atoms with van der Waals surface area (Å²) in [5.74, 6) is -0.661. The van der Waals surface area contributed by atoms with Crippen LogP contribution in [0.25, 0.3) is 32.8 Å². The van der Waals surface area contributed by atoms with Crippen molar-refractivity contribution in [3.05, 3.63) is 64.8 Å². The maximum atomic E-state index is 13.6. The molecule has 1 atom stereocenters. The number of nitrogens with one attached hydrogen (secondary N) is 2. The fourth-order valence-corrected chi connectivity index (χ4v) is 3.71. The molecule has 3 heterocycles. The number of H-pyrrole nitrogens is 1. The zero-order valence-electron chi connectivity index (χ0n) is 17.4. The van der Waals surface area contributed by atoms with Crippen molar-refractivity contribution < 1.29 is 18.3 Å². The van der Waals surface area contributed by atoms with Crippen molar-refractivity contribution in [3.63, 3.8) is 0 Å². The molecule has 0 saturated carbocycles. The number of alkyl halides is 3. The third-order valence-corrected chi connectivity index (χ3v) is 5.35. The Kier molecular flexibility index (Phi) is 5.60. The van der Waals surface area contributed by atoms with E-state index >= 15 is 0 Å². The van der Waals surface area contributed by atoms with Crippen LogP contribution in [0.2, 0.25) is 0 Å². The van der Waals surface area contributed by atoms with Crippen LogP contribution < -0.4 is 10.9 Å². The number of benzene rings is 1. The second-order valence-corrected chi connectivity index (χ2v) is 7.89. The molecule has 0 spiro atoms. The van der Waals surface area contributed by atoms with Gasteiger partial charge in [-0.15, -0.1) is 0 Å². The van der Waals surface area contributed by atoms with E-state index in [9.17, 15) is 23.1 Å². The van der Waals surface area contributed by atoms with Crippen LogP contribution in [0, 0.1) is 5.92 Å². The van der Waals surface area contributed by atoms with Crippen molar-refractivity contribution in [1.82, 2.24) is 15.0 Å². The van der Waals surface area contributed by atoms with E-state index in [2.05, 4.69) is 20.3 Å². The topological polar surface area (TPSA) is 90.9 Å². The highest BCUT2D eigenvalue weighted by Gasteiger charge is 2.42. The number of anilines is 1. The Labute approximate surface area is 181 Å². The molecule has 0 amide bonds. The van der Waals surface area contributed by atoms with Crippen LogP contribution in [-0.4, -0.2) is 32.3 Å². The molecule has 0 fully saturated rings. The lowest BCUT2D eigenvalue weighted by atomic mass is 9.99. The van der Waals surface area contributed by atoms with Gasteiger partial charge in [0.2, 0.25) is 0 Å². The van der Waals surface area contributed by atoms with Crippen LogP contribution in [0.3, 0.4) is 0 Å². The van der Waals surface area contributed by atoms with E-state index in [0.717, 1.165) is 11.1 Å². The lowest BCUT2D eigenvalue weighted by molar-refractivity contribution is -0.150. The molecule has 4 aromatic rings. The minimum absolute atomic E-state index is 0.0643. The molecule has 3 aromatic heterocycles. The highest BCUT2D eigenvalue weighted by atomic mass is 19.4. The summed E-state index contributed by atoms with van der Waals surface area (Å²) in [7, 11) is 0. The summed E-state index contributed by atoms with van der Waals surface area (Å²) in [6, 6.07) is 8.36. The minimum atomic E-state index is -4.47. The molecule has 0 unspecified atom stereocenters. The molecule has 4 rings (SSSR count). The Morgan fingerprint density at radius 1 is 1.09 bits per heavy atom. The van der Waals surface area contributed by atoms with Gasteiger partial charge in [0.1, 0.15) is 11.9 Å². The van der Waals surface area contributed by atoms with Gasteiger partial charge in [0, 0.05) is 28.7 Å². The molecule has 32 heavy (non-hydrogen) atoms. The van der Waals surface area contributed by atoms with Crippen molar-refractivity contribution >= 4 is 27.5 Å². The molecule has 166 valence electrons. The highest BCUT2D eigenvalue weighted by molar-refractivity contribution is 6.10. The van der Waals surface area contributed by atoms with Crippen LogP contribution in [0.15, 0.2) is 53.6 Å². The number of aliphatic hydroxyl groups excluding tert-OH is 1. The zero-order chi connectivity index (χ0) is 23.0. The monoisotopic (exact) mass is 442 g/mol. The van der Waals surface area contributed by atoms with Gasteiger partial charge in [-0.2, -0.15) is 13.2 Å². The molecule has 6 nitrogen and oxygen atoms in total. The zero-order valence-corrected chi connectivity index (χ0v) is 17.4. The van der Waals surface area contributed by atoms with Gasteiger partial charge in [0.05, 0.1) is 23.2 Å². The Hall–Kier alpha value is -3.46. The van der Waals surface area contributed by atoms with Crippen molar-refractivity contribution in [2.24, 2.45) is 5.92 Å². The van der Waals surface area contributed by atoms with Crippen molar-refractivity contribution in [1.29, 1.82) is 0 Å². The molecule has 0 aliphatic heterocycles. The van der Waals surface area contributed by atoms with Gasteiger partial charge in [-0.1, -0.05) is 32.0 Å². The van der Waals surface area contributed by atoms with Gasteiger partial charge in [0.25, 0.3) is 5.56 Å². The molecule has 0 aliphatic rings. The largest absolute Gasteiger partial charge is 0.408 e. The Morgan fingerprint density at radius 2 is 1.84 bits per heavy atom. The summed E-state index contributed by atoms with van der Waals surface area (Å²) in [6.07, 6.45) is -1.46. The van der Waals surface area contributed by atoms with Crippen LogP contribution in [0.5, 0.6) is 0 Å². The molecular weight excluding hydrogens is 421 g/mol. The van der Waals surface area contributed by atoms with E-state index in [1.54, 1.807) is 42.6 Å². The van der Waals surface area contributed by atoms with Gasteiger partial charge < -0.3 is 15.4 Å². The predicted octanol–water partition coefficient (Wildman–Crippen LogP) is 4.63. The lowest BCUT2D eigenvalue weighted by Crippen LogP contribution is -2.40. The molecule has 3 N–H and O–H groups in total. The summed E-state index contributed by atoms with van der Waals surface area (Å²) < 4.78 is 40.8. The van der Waals surface area contributed by atoms with Gasteiger partial charge in [-0.3, -0.25) is 9.78 Å². The van der Waals surface area contributed by atoms with Gasteiger partial charge >= 0.3 is 6.18 Å². The number of halogens is 3.